The molecular formula is C13H15N3O3S. The molecule has 1 atom stereocenters. The Balaban J connectivity index is 2.18. The number of rotatable bonds is 5. The zero-order valence-corrected chi connectivity index (χ0v) is 11.7. The molecule has 0 aliphatic carbocycles. The topological polar surface area (TPSA) is 92.2 Å². The number of sulfonamides is 1. The maximum Gasteiger partial charge on any atom is 0.258 e. The molecule has 0 bridgehead atoms. The monoisotopic (exact) mass is 293 g/mol. The lowest BCUT2D eigenvalue weighted by atomic mass is 10.2. The third-order valence-corrected chi connectivity index (χ3v) is 4.17. The zero-order chi connectivity index (χ0) is 14.6. The highest BCUT2D eigenvalue weighted by atomic mass is 32.2. The minimum Gasteiger partial charge on any atom is -0.392 e. The first kappa shape index (κ1) is 14.6. The summed E-state index contributed by atoms with van der Waals surface area (Å²) in [4.78, 5) is 7.94. The molecule has 2 aromatic rings. The molecule has 0 saturated heterocycles. The van der Waals surface area contributed by atoms with Crippen molar-refractivity contribution in [1.82, 2.24) is 14.7 Å². The van der Waals surface area contributed by atoms with Gasteiger partial charge in [-0.2, -0.15) is 0 Å². The molecule has 106 valence electrons. The number of nitrogens with zero attached hydrogens (tertiary/aromatic N) is 2. The van der Waals surface area contributed by atoms with E-state index in [9.17, 15) is 8.42 Å². The number of hydrogen-bond acceptors (Lipinski definition) is 5. The highest BCUT2D eigenvalue weighted by Gasteiger charge is 2.20. The molecule has 2 N–H and O–H groups in total. The van der Waals surface area contributed by atoms with E-state index in [-0.39, 0.29) is 11.6 Å². The van der Waals surface area contributed by atoms with E-state index in [1.807, 2.05) is 0 Å². The first-order valence-electron chi connectivity index (χ1n) is 6.02. The van der Waals surface area contributed by atoms with Crippen LogP contribution in [0.15, 0.2) is 47.8 Å². The molecule has 0 radical (unpaired) electrons. The van der Waals surface area contributed by atoms with Crippen LogP contribution in [0.3, 0.4) is 0 Å². The quantitative estimate of drug-likeness (QED) is 0.858. The minimum absolute atomic E-state index is 0.0857. The molecule has 0 fully saturated rings. The van der Waals surface area contributed by atoms with Crippen LogP contribution in [0.1, 0.15) is 24.2 Å². The molecule has 1 unspecified atom stereocenters. The first-order chi connectivity index (χ1) is 9.53. The van der Waals surface area contributed by atoms with Crippen LogP contribution in [0, 0.1) is 0 Å². The van der Waals surface area contributed by atoms with Gasteiger partial charge in [0.25, 0.3) is 10.0 Å². The van der Waals surface area contributed by atoms with Gasteiger partial charge in [0.2, 0.25) is 0 Å². The average Bonchev–Trinajstić information content (AvgIpc) is 2.48. The van der Waals surface area contributed by atoms with Crippen molar-refractivity contribution >= 4 is 10.0 Å². The van der Waals surface area contributed by atoms with Crippen LogP contribution in [0.5, 0.6) is 0 Å². The summed E-state index contributed by atoms with van der Waals surface area (Å²) in [6, 6.07) is 7.73. The van der Waals surface area contributed by atoms with E-state index in [1.165, 1.54) is 18.3 Å². The van der Waals surface area contributed by atoms with Crippen molar-refractivity contribution in [2.75, 3.05) is 0 Å². The van der Waals surface area contributed by atoms with E-state index >= 15 is 0 Å². The van der Waals surface area contributed by atoms with Gasteiger partial charge in [-0.05, 0) is 30.7 Å². The van der Waals surface area contributed by atoms with Gasteiger partial charge in [-0.1, -0.05) is 12.1 Å². The second kappa shape index (κ2) is 6.08. The Morgan fingerprint density at radius 3 is 2.60 bits per heavy atom. The Bertz CT molecular complexity index is 657. The molecule has 2 heterocycles. The minimum atomic E-state index is -3.72. The Labute approximate surface area is 117 Å². The molecule has 0 aliphatic heterocycles. The highest BCUT2D eigenvalue weighted by molar-refractivity contribution is 7.89. The molecular weight excluding hydrogens is 278 g/mol. The van der Waals surface area contributed by atoms with Crippen LogP contribution in [0.25, 0.3) is 0 Å². The van der Waals surface area contributed by atoms with E-state index in [4.69, 9.17) is 5.11 Å². The van der Waals surface area contributed by atoms with E-state index < -0.39 is 16.1 Å². The average molecular weight is 293 g/mol. The van der Waals surface area contributed by atoms with Crippen LogP contribution in [0.2, 0.25) is 0 Å². The van der Waals surface area contributed by atoms with Crippen molar-refractivity contribution in [3.05, 3.63) is 54.0 Å². The molecule has 7 heteroatoms. The van der Waals surface area contributed by atoms with Crippen molar-refractivity contribution in [1.29, 1.82) is 0 Å². The Hall–Kier alpha value is -1.83. The standard InChI is InChI=1S/C13H15N3O3S/c1-10(12-4-2-3-7-14-12)16-20(18,19)13-6-5-11(9-17)8-15-13/h2-8,10,16-17H,9H2,1H3. The summed E-state index contributed by atoms with van der Waals surface area (Å²) in [6.07, 6.45) is 2.94. The molecule has 6 nitrogen and oxygen atoms in total. The number of aromatic nitrogens is 2. The third-order valence-electron chi connectivity index (χ3n) is 2.72. The molecule has 0 spiro atoms. The fourth-order valence-electron chi connectivity index (χ4n) is 1.65. The van der Waals surface area contributed by atoms with Gasteiger partial charge in [-0.3, -0.25) is 4.98 Å². The molecule has 2 aromatic heterocycles. The molecule has 0 saturated carbocycles. The van der Waals surface area contributed by atoms with Gasteiger partial charge in [-0.15, -0.1) is 0 Å². The number of nitrogens with one attached hydrogen (secondary N) is 1. The van der Waals surface area contributed by atoms with Crippen molar-refractivity contribution < 1.29 is 13.5 Å². The van der Waals surface area contributed by atoms with Crippen molar-refractivity contribution in [3.8, 4) is 0 Å². The smallest absolute Gasteiger partial charge is 0.258 e. The largest absolute Gasteiger partial charge is 0.392 e. The van der Waals surface area contributed by atoms with Gasteiger partial charge in [0.1, 0.15) is 0 Å². The Morgan fingerprint density at radius 1 is 1.25 bits per heavy atom. The summed E-state index contributed by atoms with van der Waals surface area (Å²) in [5, 5.41) is 8.83. The van der Waals surface area contributed by atoms with E-state index in [0.29, 0.717) is 11.3 Å². The molecule has 0 amide bonds. The van der Waals surface area contributed by atoms with Crippen LogP contribution in [-0.2, 0) is 16.6 Å². The summed E-state index contributed by atoms with van der Waals surface area (Å²) in [6.45, 7) is 1.53. The van der Waals surface area contributed by atoms with Crippen LogP contribution < -0.4 is 4.72 Å². The number of aliphatic hydroxyl groups is 1. The van der Waals surface area contributed by atoms with Gasteiger partial charge in [-0.25, -0.2) is 18.1 Å². The number of hydrogen-bond donors (Lipinski definition) is 2. The van der Waals surface area contributed by atoms with Crippen LogP contribution in [-0.4, -0.2) is 23.5 Å². The highest BCUT2D eigenvalue weighted by Crippen LogP contribution is 2.13. The zero-order valence-electron chi connectivity index (χ0n) is 10.9. The van der Waals surface area contributed by atoms with Gasteiger partial charge in [0.05, 0.1) is 18.3 Å². The van der Waals surface area contributed by atoms with Crippen molar-refractivity contribution in [3.63, 3.8) is 0 Å². The predicted molar refractivity (Wildman–Crippen MR) is 73.1 cm³/mol. The summed E-state index contributed by atoms with van der Waals surface area (Å²) in [5.41, 5.74) is 1.18. The summed E-state index contributed by atoms with van der Waals surface area (Å²) < 4.78 is 26.8. The Kier molecular flexibility index (Phi) is 4.43. The predicted octanol–water partition coefficient (Wildman–Crippen LogP) is 1.01. The molecule has 0 aromatic carbocycles. The maximum absolute atomic E-state index is 12.2. The number of aliphatic hydroxyl groups excluding tert-OH is 1. The SMILES string of the molecule is CC(NS(=O)(=O)c1ccc(CO)cn1)c1ccccn1. The maximum atomic E-state index is 12.2. The van der Waals surface area contributed by atoms with Crippen LogP contribution >= 0.6 is 0 Å². The van der Waals surface area contributed by atoms with Gasteiger partial charge >= 0.3 is 0 Å². The first-order valence-corrected chi connectivity index (χ1v) is 7.50. The second-order valence-corrected chi connectivity index (χ2v) is 5.92. The number of pyridine rings is 2. The normalized spacial score (nSPS) is 13.1. The van der Waals surface area contributed by atoms with Gasteiger partial charge < -0.3 is 5.11 Å². The van der Waals surface area contributed by atoms with Gasteiger partial charge in [0, 0.05) is 12.4 Å². The lowest BCUT2D eigenvalue weighted by molar-refractivity contribution is 0.281. The van der Waals surface area contributed by atoms with Crippen LogP contribution in [0.4, 0.5) is 0 Å². The Morgan fingerprint density at radius 2 is 2.05 bits per heavy atom. The summed E-state index contributed by atoms with van der Waals surface area (Å²) in [7, 11) is -3.72. The van der Waals surface area contributed by atoms with Crippen molar-refractivity contribution in [2.45, 2.75) is 24.6 Å². The van der Waals surface area contributed by atoms with Crippen molar-refractivity contribution in [2.24, 2.45) is 0 Å². The fourth-order valence-corrected chi connectivity index (χ4v) is 2.79. The fraction of sp³-hybridized carbons (Fsp3) is 0.231. The third kappa shape index (κ3) is 3.38. The van der Waals surface area contributed by atoms with E-state index in [0.717, 1.165) is 0 Å². The summed E-state index contributed by atoms with van der Waals surface area (Å²) >= 11 is 0. The molecule has 0 aliphatic rings. The van der Waals surface area contributed by atoms with E-state index in [2.05, 4.69) is 14.7 Å². The molecule has 2 rings (SSSR count). The second-order valence-electron chi connectivity index (χ2n) is 4.26. The summed E-state index contributed by atoms with van der Waals surface area (Å²) in [5.74, 6) is 0. The molecule has 20 heavy (non-hydrogen) atoms. The lowest BCUT2D eigenvalue weighted by Crippen LogP contribution is -2.28. The van der Waals surface area contributed by atoms with E-state index in [1.54, 1.807) is 31.3 Å². The lowest BCUT2D eigenvalue weighted by Gasteiger charge is -2.13. The van der Waals surface area contributed by atoms with Gasteiger partial charge in [0.15, 0.2) is 5.03 Å².